The number of halogens is 2. The first kappa shape index (κ1) is 27.7. The third-order valence-corrected chi connectivity index (χ3v) is 9.02. The number of methoxy groups -OCH3 is 2. The van der Waals surface area contributed by atoms with Crippen molar-refractivity contribution in [2.45, 2.75) is 69.1 Å². The number of benzene rings is 1. The van der Waals surface area contributed by atoms with Crippen LogP contribution in [0.5, 0.6) is 0 Å². The first-order valence-corrected chi connectivity index (χ1v) is 14.2. The van der Waals surface area contributed by atoms with Gasteiger partial charge in [0.2, 0.25) is 5.95 Å². The zero-order valence-corrected chi connectivity index (χ0v) is 23.6. The van der Waals surface area contributed by atoms with Crippen molar-refractivity contribution < 1.29 is 18.3 Å². The third kappa shape index (κ3) is 4.98. The van der Waals surface area contributed by atoms with E-state index in [1.54, 1.807) is 49.5 Å². The van der Waals surface area contributed by atoms with E-state index in [1.165, 1.54) is 12.1 Å². The number of nitrogens with one attached hydrogen (secondary N) is 1. The van der Waals surface area contributed by atoms with Crippen molar-refractivity contribution in [1.29, 1.82) is 0 Å². The van der Waals surface area contributed by atoms with E-state index >= 15 is 8.78 Å². The van der Waals surface area contributed by atoms with Crippen LogP contribution in [0.25, 0.3) is 16.8 Å². The molecular weight excluding hydrogens is 526 g/mol. The molecule has 4 unspecified atom stereocenters. The van der Waals surface area contributed by atoms with Crippen molar-refractivity contribution in [3.8, 4) is 11.3 Å². The SMILES string of the molecule is COC1C(C)CC(c2ccncc2Nc2ncc3ccc(-c4c(F)cc(C5(OC)CCCC5)cc4F)nn23)CC1N. The summed E-state index contributed by atoms with van der Waals surface area (Å²) in [6.45, 7) is 2.16. The van der Waals surface area contributed by atoms with Gasteiger partial charge >= 0.3 is 0 Å². The standard InChI is InChI=1S/C31H36F2N6O2/c1-18-12-19(13-25(34)29(18)40-2)22-8-11-35-17-27(22)37-30-36-16-21-6-7-26(38-39(21)30)28-23(32)14-20(15-24(28)33)31(41-3)9-4-5-10-31/h6-8,11,14-19,25,29H,4-5,9-10,12-13,34H2,1-3H3,(H,36,37). The lowest BCUT2D eigenvalue weighted by atomic mass is 9.74. The molecule has 0 amide bonds. The van der Waals surface area contributed by atoms with E-state index in [1.807, 2.05) is 6.07 Å². The summed E-state index contributed by atoms with van der Waals surface area (Å²) in [5.74, 6) is -0.410. The molecule has 2 saturated carbocycles. The summed E-state index contributed by atoms with van der Waals surface area (Å²) in [6.07, 6.45) is 10.3. The molecule has 3 N–H and O–H groups in total. The summed E-state index contributed by atoms with van der Waals surface area (Å²) in [5, 5.41) is 7.96. The minimum Gasteiger partial charge on any atom is -0.380 e. The number of pyridine rings is 1. The lowest BCUT2D eigenvalue weighted by Crippen LogP contribution is -2.45. The predicted octanol–water partition coefficient (Wildman–Crippen LogP) is 6.08. The molecule has 0 spiro atoms. The zero-order valence-electron chi connectivity index (χ0n) is 23.6. The van der Waals surface area contributed by atoms with Crippen LogP contribution in [0.1, 0.15) is 62.5 Å². The van der Waals surface area contributed by atoms with E-state index in [0.29, 0.717) is 22.9 Å². The van der Waals surface area contributed by atoms with E-state index in [-0.39, 0.29) is 29.3 Å². The van der Waals surface area contributed by atoms with E-state index in [2.05, 4.69) is 27.3 Å². The van der Waals surface area contributed by atoms with Gasteiger partial charge in [0.25, 0.3) is 0 Å². The van der Waals surface area contributed by atoms with Crippen LogP contribution in [0.4, 0.5) is 20.4 Å². The number of ether oxygens (including phenoxy) is 2. The summed E-state index contributed by atoms with van der Waals surface area (Å²) in [4.78, 5) is 8.84. The maximum absolute atomic E-state index is 15.5. The number of hydrogen-bond acceptors (Lipinski definition) is 7. The molecule has 41 heavy (non-hydrogen) atoms. The predicted molar refractivity (Wildman–Crippen MR) is 153 cm³/mol. The Bertz CT molecular complexity index is 1520. The smallest absolute Gasteiger partial charge is 0.229 e. The van der Waals surface area contributed by atoms with E-state index in [0.717, 1.165) is 49.8 Å². The average molecular weight is 563 g/mol. The van der Waals surface area contributed by atoms with Crippen LogP contribution in [-0.4, -0.2) is 45.9 Å². The number of nitrogens with two attached hydrogens (primary N) is 1. The van der Waals surface area contributed by atoms with Gasteiger partial charge in [0, 0.05) is 26.5 Å². The third-order valence-electron chi connectivity index (χ3n) is 9.02. The molecular formula is C31H36F2N6O2. The second-order valence-electron chi connectivity index (χ2n) is 11.5. The molecule has 3 heterocycles. The van der Waals surface area contributed by atoms with Crippen LogP contribution >= 0.6 is 0 Å². The molecule has 4 aromatic rings. The maximum atomic E-state index is 15.5. The highest BCUT2D eigenvalue weighted by molar-refractivity contribution is 5.66. The Kier molecular flexibility index (Phi) is 7.48. The zero-order chi connectivity index (χ0) is 28.7. The Morgan fingerprint density at radius 3 is 2.49 bits per heavy atom. The summed E-state index contributed by atoms with van der Waals surface area (Å²) < 4.78 is 43.9. The van der Waals surface area contributed by atoms with Crippen LogP contribution in [0, 0.1) is 17.6 Å². The van der Waals surface area contributed by atoms with Crippen LogP contribution in [0.2, 0.25) is 0 Å². The molecule has 0 saturated heterocycles. The second kappa shape index (κ2) is 11.1. The fraction of sp³-hybridized carbons (Fsp3) is 0.452. The highest BCUT2D eigenvalue weighted by atomic mass is 19.1. The van der Waals surface area contributed by atoms with Gasteiger partial charge in [0.15, 0.2) is 0 Å². The number of nitrogens with zero attached hydrogens (tertiary/aromatic N) is 4. The molecule has 2 fully saturated rings. The number of rotatable bonds is 7. The average Bonchev–Trinajstić information content (AvgIpc) is 3.61. The number of anilines is 2. The summed E-state index contributed by atoms with van der Waals surface area (Å²) in [5.41, 5.74) is 8.88. The van der Waals surface area contributed by atoms with Crippen LogP contribution < -0.4 is 11.1 Å². The first-order chi connectivity index (χ1) is 19.8. The quantitative estimate of drug-likeness (QED) is 0.281. The van der Waals surface area contributed by atoms with Gasteiger partial charge in [-0.05, 0) is 79.0 Å². The van der Waals surface area contributed by atoms with Crippen LogP contribution in [0.3, 0.4) is 0 Å². The summed E-state index contributed by atoms with van der Waals surface area (Å²) >= 11 is 0. The van der Waals surface area contributed by atoms with Crippen molar-refractivity contribution in [3.05, 3.63) is 71.7 Å². The Labute approximate surface area is 238 Å². The molecule has 0 radical (unpaired) electrons. The Balaban J connectivity index is 1.32. The Morgan fingerprint density at radius 1 is 1.05 bits per heavy atom. The number of hydrogen-bond donors (Lipinski definition) is 2. The molecule has 0 bridgehead atoms. The topological polar surface area (TPSA) is 99.6 Å². The largest absolute Gasteiger partial charge is 0.380 e. The van der Waals surface area contributed by atoms with Gasteiger partial charge in [-0.25, -0.2) is 13.8 Å². The van der Waals surface area contributed by atoms with Gasteiger partial charge in [0.05, 0.1) is 46.6 Å². The molecule has 8 nitrogen and oxygen atoms in total. The minimum absolute atomic E-state index is 0.0245. The first-order valence-electron chi connectivity index (χ1n) is 14.2. The Morgan fingerprint density at radius 2 is 1.80 bits per heavy atom. The fourth-order valence-corrected chi connectivity index (χ4v) is 6.95. The van der Waals surface area contributed by atoms with Gasteiger partial charge < -0.3 is 20.5 Å². The van der Waals surface area contributed by atoms with Crippen molar-refractivity contribution in [2.24, 2.45) is 11.7 Å². The lowest BCUT2D eigenvalue weighted by molar-refractivity contribution is -0.00914. The summed E-state index contributed by atoms with van der Waals surface area (Å²) in [7, 11) is 3.31. The monoisotopic (exact) mass is 562 g/mol. The number of fused-ring (bicyclic) bond motifs is 1. The molecule has 216 valence electrons. The lowest BCUT2D eigenvalue weighted by Gasteiger charge is -2.38. The van der Waals surface area contributed by atoms with Gasteiger partial charge in [-0.15, -0.1) is 0 Å². The molecule has 10 heteroatoms. The molecule has 2 aliphatic rings. The van der Waals surface area contributed by atoms with Crippen molar-refractivity contribution >= 4 is 17.2 Å². The molecule has 2 aliphatic carbocycles. The second-order valence-corrected chi connectivity index (χ2v) is 11.5. The molecule has 0 aliphatic heterocycles. The number of imidazole rings is 1. The highest BCUT2D eigenvalue weighted by Crippen LogP contribution is 2.43. The fourth-order valence-electron chi connectivity index (χ4n) is 6.95. The van der Waals surface area contributed by atoms with Crippen LogP contribution in [-0.2, 0) is 15.1 Å². The maximum Gasteiger partial charge on any atom is 0.229 e. The highest BCUT2D eigenvalue weighted by Gasteiger charge is 2.37. The number of aromatic nitrogens is 4. The van der Waals surface area contributed by atoms with E-state index in [9.17, 15) is 0 Å². The molecule has 4 atom stereocenters. The van der Waals surface area contributed by atoms with E-state index in [4.69, 9.17) is 15.2 Å². The van der Waals surface area contributed by atoms with Crippen molar-refractivity contribution in [1.82, 2.24) is 19.6 Å². The van der Waals surface area contributed by atoms with Crippen molar-refractivity contribution in [3.63, 3.8) is 0 Å². The summed E-state index contributed by atoms with van der Waals surface area (Å²) in [6, 6.07) is 8.05. The van der Waals surface area contributed by atoms with Gasteiger partial charge in [-0.2, -0.15) is 9.61 Å². The molecule has 3 aromatic heterocycles. The van der Waals surface area contributed by atoms with Crippen molar-refractivity contribution in [2.75, 3.05) is 19.5 Å². The minimum atomic E-state index is -0.670. The van der Waals surface area contributed by atoms with Crippen LogP contribution in [0.15, 0.2) is 48.9 Å². The Hall–Kier alpha value is -3.47. The molecule has 6 rings (SSSR count). The van der Waals surface area contributed by atoms with Gasteiger partial charge in [0.1, 0.15) is 11.6 Å². The molecule has 1 aromatic carbocycles. The van der Waals surface area contributed by atoms with E-state index < -0.39 is 17.2 Å². The normalized spacial score (nSPS) is 24.1. The van der Waals surface area contributed by atoms with Gasteiger partial charge in [-0.3, -0.25) is 4.98 Å². The van der Waals surface area contributed by atoms with Gasteiger partial charge in [-0.1, -0.05) is 19.8 Å².